The summed E-state index contributed by atoms with van der Waals surface area (Å²) in [6.07, 6.45) is 1.41. The summed E-state index contributed by atoms with van der Waals surface area (Å²) in [4.78, 5) is 28.9. The van der Waals surface area contributed by atoms with Crippen molar-refractivity contribution >= 4 is 11.8 Å². The van der Waals surface area contributed by atoms with Crippen LogP contribution in [0.1, 0.15) is 37.0 Å². The van der Waals surface area contributed by atoms with Crippen molar-refractivity contribution < 1.29 is 14.3 Å². The molecular formula is C30H36N2O3. The van der Waals surface area contributed by atoms with Crippen LogP contribution in [-0.4, -0.2) is 36.4 Å². The molecule has 3 aromatic rings. The van der Waals surface area contributed by atoms with Crippen LogP contribution in [0.2, 0.25) is 0 Å². The maximum atomic E-state index is 13.7. The topological polar surface area (TPSA) is 58.6 Å². The molecule has 5 heteroatoms. The van der Waals surface area contributed by atoms with Gasteiger partial charge in [0.15, 0.2) is 0 Å². The van der Waals surface area contributed by atoms with Crippen LogP contribution < -0.4 is 10.1 Å². The average Bonchev–Trinajstić information content (AvgIpc) is 2.89. The van der Waals surface area contributed by atoms with Crippen molar-refractivity contribution in [2.75, 3.05) is 13.7 Å². The van der Waals surface area contributed by atoms with E-state index in [0.29, 0.717) is 38.3 Å². The first-order valence-corrected chi connectivity index (χ1v) is 12.2. The van der Waals surface area contributed by atoms with E-state index in [0.717, 1.165) is 22.4 Å². The monoisotopic (exact) mass is 472 g/mol. The molecule has 3 rings (SSSR count). The highest BCUT2D eigenvalue weighted by Gasteiger charge is 2.30. The summed E-state index contributed by atoms with van der Waals surface area (Å²) in [7, 11) is 1.62. The van der Waals surface area contributed by atoms with Gasteiger partial charge >= 0.3 is 0 Å². The predicted octanol–water partition coefficient (Wildman–Crippen LogP) is 5.04. The zero-order valence-corrected chi connectivity index (χ0v) is 20.9. The lowest BCUT2D eigenvalue weighted by atomic mass is 10.0. The minimum absolute atomic E-state index is 0.0442. The molecule has 0 saturated carbocycles. The summed E-state index contributed by atoms with van der Waals surface area (Å²) in [5, 5.41) is 3.06. The van der Waals surface area contributed by atoms with Gasteiger partial charge in [0.1, 0.15) is 11.8 Å². The van der Waals surface area contributed by atoms with E-state index in [-0.39, 0.29) is 11.8 Å². The highest BCUT2D eigenvalue weighted by atomic mass is 16.5. The second-order valence-electron chi connectivity index (χ2n) is 9.20. The number of benzene rings is 3. The zero-order valence-electron chi connectivity index (χ0n) is 20.9. The van der Waals surface area contributed by atoms with Gasteiger partial charge in [-0.3, -0.25) is 9.59 Å². The molecule has 0 aliphatic heterocycles. The third-order valence-electron chi connectivity index (χ3n) is 5.91. The summed E-state index contributed by atoms with van der Waals surface area (Å²) in [5.74, 6) is 0.871. The first-order valence-electron chi connectivity index (χ1n) is 12.2. The molecular weight excluding hydrogens is 436 g/mol. The largest absolute Gasteiger partial charge is 0.497 e. The van der Waals surface area contributed by atoms with E-state index < -0.39 is 6.04 Å². The van der Waals surface area contributed by atoms with Crippen LogP contribution in [0.3, 0.4) is 0 Å². The number of carbonyl (C=O) groups is 2. The molecule has 35 heavy (non-hydrogen) atoms. The number of methoxy groups -OCH3 is 1. The van der Waals surface area contributed by atoms with E-state index in [4.69, 9.17) is 4.74 Å². The summed E-state index contributed by atoms with van der Waals surface area (Å²) in [6.45, 7) is 5.02. The molecule has 0 bridgehead atoms. The SMILES string of the molecule is COc1cccc(CN(C(=O)CCc2ccccc2)[C@H](Cc2ccccc2)C(=O)NCC(C)C)c1. The fourth-order valence-corrected chi connectivity index (χ4v) is 3.98. The lowest BCUT2D eigenvalue weighted by molar-refractivity contribution is -0.141. The number of hydrogen-bond acceptors (Lipinski definition) is 3. The third-order valence-corrected chi connectivity index (χ3v) is 5.91. The number of ether oxygens (including phenoxy) is 1. The van der Waals surface area contributed by atoms with Gasteiger partial charge in [-0.25, -0.2) is 0 Å². The van der Waals surface area contributed by atoms with Gasteiger partial charge in [0, 0.05) is 25.9 Å². The standard InChI is InChI=1S/C30H36N2O3/c1-23(2)21-31-30(34)28(20-25-13-8-5-9-14-25)32(22-26-15-10-16-27(19-26)35-3)29(33)18-17-24-11-6-4-7-12-24/h4-16,19,23,28H,17-18,20-22H2,1-3H3,(H,31,34)/t28-/m1/s1. The fraction of sp³-hybridized carbons (Fsp3) is 0.333. The van der Waals surface area contributed by atoms with Crippen molar-refractivity contribution in [3.8, 4) is 5.75 Å². The van der Waals surface area contributed by atoms with E-state index in [2.05, 4.69) is 19.2 Å². The Hall–Kier alpha value is -3.60. The molecule has 5 nitrogen and oxygen atoms in total. The van der Waals surface area contributed by atoms with E-state index in [1.165, 1.54) is 0 Å². The lowest BCUT2D eigenvalue weighted by Gasteiger charge is -2.32. The molecule has 0 aliphatic carbocycles. The van der Waals surface area contributed by atoms with Crippen LogP contribution in [-0.2, 0) is 29.0 Å². The van der Waals surface area contributed by atoms with Crippen LogP contribution in [0.4, 0.5) is 0 Å². The Balaban J connectivity index is 1.90. The minimum Gasteiger partial charge on any atom is -0.497 e. The molecule has 0 spiro atoms. The predicted molar refractivity (Wildman–Crippen MR) is 140 cm³/mol. The van der Waals surface area contributed by atoms with Crippen LogP contribution in [0.5, 0.6) is 5.75 Å². The molecule has 3 aromatic carbocycles. The molecule has 0 saturated heterocycles. The zero-order chi connectivity index (χ0) is 25.0. The van der Waals surface area contributed by atoms with Gasteiger partial charge in [-0.05, 0) is 41.2 Å². The normalized spacial score (nSPS) is 11.7. The van der Waals surface area contributed by atoms with Gasteiger partial charge in [-0.2, -0.15) is 0 Å². The Morgan fingerprint density at radius 3 is 2.11 bits per heavy atom. The van der Waals surface area contributed by atoms with Crippen LogP contribution in [0.25, 0.3) is 0 Å². The van der Waals surface area contributed by atoms with Crippen molar-refractivity contribution in [2.24, 2.45) is 5.92 Å². The van der Waals surface area contributed by atoms with Gasteiger partial charge in [-0.15, -0.1) is 0 Å². The second kappa shape index (κ2) is 13.3. The van der Waals surface area contributed by atoms with E-state index in [1.807, 2.05) is 84.9 Å². The Kier molecular flexibility index (Phi) is 9.91. The molecule has 184 valence electrons. The number of nitrogens with one attached hydrogen (secondary N) is 1. The van der Waals surface area contributed by atoms with E-state index in [1.54, 1.807) is 12.0 Å². The molecule has 0 unspecified atom stereocenters. The Morgan fingerprint density at radius 1 is 0.857 bits per heavy atom. The summed E-state index contributed by atoms with van der Waals surface area (Å²) in [5.41, 5.74) is 3.04. The smallest absolute Gasteiger partial charge is 0.243 e. The molecule has 0 aliphatic rings. The van der Waals surface area contributed by atoms with Crippen LogP contribution in [0, 0.1) is 5.92 Å². The average molecular weight is 473 g/mol. The minimum atomic E-state index is -0.620. The fourth-order valence-electron chi connectivity index (χ4n) is 3.98. The number of carbonyl (C=O) groups excluding carboxylic acids is 2. The molecule has 2 amide bonds. The van der Waals surface area contributed by atoms with Gasteiger partial charge < -0.3 is 15.0 Å². The van der Waals surface area contributed by atoms with Crippen LogP contribution >= 0.6 is 0 Å². The molecule has 1 N–H and O–H groups in total. The van der Waals surface area contributed by atoms with Crippen molar-refractivity contribution in [1.82, 2.24) is 10.2 Å². The Bertz CT molecular complexity index is 1070. The molecule has 0 aromatic heterocycles. The van der Waals surface area contributed by atoms with Gasteiger partial charge in [0.25, 0.3) is 0 Å². The molecule has 1 atom stereocenters. The van der Waals surface area contributed by atoms with Gasteiger partial charge in [0.2, 0.25) is 11.8 Å². The van der Waals surface area contributed by atoms with E-state index in [9.17, 15) is 9.59 Å². The number of aryl methyl sites for hydroxylation is 1. The lowest BCUT2D eigenvalue weighted by Crippen LogP contribution is -2.51. The third kappa shape index (κ3) is 8.29. The van der Waals surface area contributed by atoms with Crippen LogP contribution in [0.15, 0.2) is 84.9 Å². The van der Waals surface area contributed by atoms with Crippen molar-refractivity contribution in [3.63, 3.8) is 0 Å². The summed E-state index contributed by atoms with van der Waals surface area (Å²) in [6, 6.07) is 26.9. The second-order valence-corrected chi connectivity index (χ2v) is 9.20. The maximum Gasteiger partial charge on any atom is 0.243 e. The van der Waals surface area contributed by atoms with E-state index >= 15 is 0 Å². The van der Waals surface area contributed by atoms with Gasteiger partial charge in [-0.1, -0.05) is 86.6 Å². The summed E-state index contributed by atoms with van der Waals surface area (Å²) >= 11 is 0. The molecule has 0 radical (unpaired) electrons. The van der Waals surface area contributed by atoms with Gasteiger partial charge in [0.05, 0.1) is 7.11 Å². The first kappa shape index (κ1) is 26.0. The summed E-state index contributed by atoms with van der Waals surface area (Å²) < 4.78 is 5.39. The number of nitrogens with zero attached hydrogens (tertiary/aromatic N) is 1. The highest BCUT2D eigenvalue weighted by Crippen LogP contribution is 2.19. The van der Waals surface area contributed by atoms with Crippen molar-refractivity contribution in [3.05, 3.63) is 102 Å². The number of rotatable bonds is 12. The number of amides is 2. The molecule has 0 heterocycles. The Labute approximate surface area is 209 Å². The Morgan fingerprint density at radius 2 is 1.49 bits per heavy atom. The number of hydrogen-bond donors (Lipinski definition) is 1. The molecule has 0 fully saturated rings. The first-order chi connectivity index (χ1) is 17.0. The van der Waals surface area contributed by atoms with Crippen molar-refractivity contribution in [1.29, 1.82) is 0 Å². The highest BCUT2D eigenvalue weighted by molar-refractivity contribution is 5.88. The quantitative estimate of drug-likeness (QED) is 0.402. The van der Waals surface area contributed by atoms with Crippen molar-refractivity contribution in [2.45, 2.75) is 45.7 Å². The maximum absolute atomic E-state index is 13.7.